The van der Waals surface area contributed by atoms with Crippen LogP contribution in [0.2, 0.25) is 0 Å². The fraction of sp³-hybridized carbons (Fsp3) is 0.286. The molecule has 1 rings (SSSR count). The highest BCUT2D eigenvalue weighted by Gasteiger charge is 2.09. The van der Waals surface area contributed by atoms with Gasteiger partial charge in [0.15, 0.2) is 0 Å². The van der Waals surface area contributed by atoms with E-state index in [1.807, 2.05) is 18.2 Å². The molecule has 0 aromatic heterocycles. The van der Waals surface area contributed by atoms with Gasteiger partial charge >= 0.3 is 0 Å². The minimum atomic E-state index is 0.418. The molecule has 1 heteroatoms. The molecule has 43 valence electrons. The maximum absolute atomic E-state index is 5.75. The van der Waals surface area contributed by atoms with Crippen molar-refractivity contribution in [3.63, 3.8) is 0 Å². The first-order valence-electron chi connectivity index (χ1n) is 2.68. The van der Waals surface area contributed by atoms with Crippen molar-refractivity contribution in [3.05, 3.63) is 29.7 Å². The first-order valence-corrected chi connectivity index (χ1v) is 3.05. The van der Waals surface area contributed by atoms with Crippen molar-refractivity contribution >= 4 is 11.6 Å². The second kappa shape index (κ2) is 2.36. The van der Waals surface area contributed by atoms with Crippen molar-refractivity contribution in [2.45, 2.75) is 6.92 Å². The highest BCUT2D eigenvalue weighted by molar-refractivity contribution is 6.28. The van der Waals surface area contributed by atoms with Crippen LogP contribution < -0.4 is 0 Å². The quantitative estimate of drug-likeness (QED) is 0.469. The summed E-state index contributed by atoms with van der Waals surface area (Å²) in [4.78, 5) is 0. The van der Waals surface area contributed by atoms with Crippen molar-refractivity contribution in [1.82, 2.24) is 0 Å². The van der Waals surface area contributed by atoms with Crippen molar-refractivity contribution < 1.29 is 0 Å². The SMILES string of the molecule is CC1C=CC=C[C]1Cl. The largest absolute Gasteiger partial charge is 0.112 e. The topological polar surface area (TPSA) is 0 Å². The molecule has 0 aromatic carbocycles. The maximum Gasteiger partial charge on any atom is 0.0920 e. The van der Waals surface area contributed by atoms with Crippen molar-refractivity contribution in [1.29, 1.82) is 0 Å². The highest BCUT2D eigenvalue weighted by atomic mass is 35.5. The molecule has 0 fully saturated rings. The van der Waals surface area contributed by atoms with E-state index in [2.05, 4.69) is 13.0 Å². The number of halogens is 1. The molecule has 1 unspecified atom stereocenters. The van der Waals surface area contributed by atoms with E-state index in [-0.39, 0.29) is 0 Å². The lowest BCUT2D eigenvalue weighted by molar-refractivity contribution is 0.847. The molecule has 8 heavy (non-hydrogen) atoms. The summed E-state index contributed by atoms with van der Waals surface area (Å²) in [6, 6.07) is 0. The highest BCUT2D eigenvalue weighted by Crippen LogP contribution is 2.24. The zero-order valence-electron chi connectivity index (χ0n) is 4.76. The van der Waals surface area contributed by atoms with Gasteiger partial charge in [-0.2, -0.15) is 0 Å². The van der Waals surface area contributed by atoms with E-state index in [1.165, 1.54) is 0 Å². The van der Waals surface area contributed by atoms with Crippen LogP contribution in [-0.4, -0.2) is 0 Å². The molecule has 1 aliphatic carbocycles. The standard InChI is InChI=1S/C7H8Cl/c1-6-4-2-3-5-7(6)8/h2-6H,1H3. The second-order valence-corrected chi connectivity index (χ2v) is 2.35. The molecule has 0 heterocycles. The van der Waals surface area contributed by atoms with Gasteiger partial charge in [0, 0.05) is 0 Å². The Bertz CT molecular complexity index is 108. The van der Waals surface area contributed by atoms with Crippen molar-refractivity contribution in [2.75, 3.05) is 0 Å². The molecule has 1 atom stereocenters. The van der Waals surface area contributed by atoms with Crippen LogP contribution in [0.1, 0.15) is 6.92 Å². The molecule has 0 aliphatic heterocycles. The fourth-order valence-corrected chi connectivity index (χ4v) is 0.767. The Labute approximate surface area is 54.8 Å². The van der Waals surface area contributed by atoms with Crippen LogP contribution >= 0.6 is 11.6 Å². The third kappa shape index (κ3) is 1.13. The molecule has 0 spiro atoms. The van der Waals surface area contributed by atoms with Gasteiger partial charge in [-0.3, -0.25) is 0 Å². The Kier molecular flexibility index (Phi) is 1.74. The molecule has 0 bridgehead atoms. The summed E-state index contributed by atoms with van der Waals surface area (Å²) in [5, 5.41) is 0.924. The third-order valence-corrected chi connectivity index (χ3v) is 1.67. The number of hydrogen-bond donors (Lipinski definition) is 0. The molecule has 0 N–H and O–H groups in total. The van der Waals surface area contributed by atoms with E-state index < -0.39 is 0 Å². The Hall–Kier alpha value is -0.230. The lowest BCUT2D eigenvalue weighted by Crippen LogP contribution is -1.98. The zero-order valence-corrected chi connectivity index (χ0v) is 5.52. The first kappa shape index (κ1) is 5.90. The summed E-state index contributed by atoms with van der Waals surface area (Å²) in [6.07, 6.45) is 7.95. The van der Waals surface area contributed by atoms with E-state index in [1.54, 1.807) is 0 Å². The summed E-state index contributed by atoms with van der Waals surface area (Å²) in [5.74, 6) is 0.418. The average Bonchev–Trinajstić information content (AvgIpc) is 1.77. The van der Waals surface area contributed by atoms with Crippen LogP contribution in [0.3, 0.4) is 0 Å². The first-order chi connectivity index (χ1) is 3.80. The fourth-order valence-electron chi connectivity index (χ4n) is 0.622. The minimum Gasteiger partial charge on any atom is -0.112 e. The molecular formula is C7H8Cl. The molecule has 0 saturated heterocycles. The van der Waals surface area contributed by atoms with Gasteiger partial charge in [-0.05, 0) is 5.92 Å². The molecule has 0 aromatic rings. The van der Waals surface area contributed by atoms with Gasteiger partial charge in [0.05, 0.1) is 5.38 Å². The van der Waals surface area contributed by atoms with Gasteiger partial charge in [-0.15, -0.1) is 11.6 Å². The van der Waals surface area contributed by atoms with E-state index in [4.69, 9.17) is 11.6 Å². The van der Waals surface area contributed by atoms with Gasteiger partial charge in [0.2, 0.25) is 0 Å². The molecule has 1 radical (unpaired) electrons. The molecule has 0 amide bonds. The second-order valence-electron chi connectivity index (χ2n) is 1.92. The lowest BCUT2D eigenvalue weighted by atomic mass is 10.0. The maximum atomic E-state index is 5.75. The van der Waals surface area contributed by atoms with Crippen LogP contribution in [0.25, 0.3) is 0 Å². The van der Waals surface area contributed by atoms with E-state index >= 15 is 0 Å². The van der Waals surface area contributed by atoms with E-state index in [9.17, 15) is 0 Å². The summed E-state index contributed by atoms with van der Waals surface area (Å²) >= 11 is 5.75. The molecule has 0 saturated carbocycles. The van der Waals surface area contributed by atoms with E-state index in [0.717, 1.165) is 5.38 Å². The Morgan fingerprint density at radius 3 is 2.62 bits per heavy atom. The lowest BCUT2D eigenvalue weighted by Gasteiger charge is -2.10. The van der Waals surface area contributed by atoms with Gasteiger partial charge in [0.1, 0.15) is 0 Å². The van der Waals surface area contributed by atoms with Crippen LogP contribution in [0.4, 0.5) is 0 Å². The predicted molar refractivity (Wildman–Crippen MR) is 36.5 cm³/mol. The Morgan fingerprint density at radius 1 is 1.50 bits per heavy atom. The summed E-state index contributed by atoms with van der Waals surface area (Å²) < 4.78 is 0. The zero-order chi connectivity index (χ0) is 5.98. The van der Waals surface area contributed by atoms with Crippen LogP contribution in [-0.2, 0) is 0 Å². The van der Waals surface area contributed by atoms with Crippen molar-refractivity contribution in [2.24, 2.45) is 5.92 Å². The molecule has 1 aliphatic rings. The van der Waals surface area contributed by atoms with Gasteiger partial charge in [-0.1, -0.05) is 31.2 Å². The minimum absolute atomic E-state index is 0.418. The Morgan fingerprint density at radius 2 is 2.25 bits per heavy atom. The third-order valence-electron chi connectivity index (χ3n) is 1.20. The van der Waals surface area contributed by atoms with Crippen LogP contribution in [0, 0.1) is 11.3 Å². The van der Waals surface area contributed by atoms with Gasteiger partial charge < -0.3 is 0 Å². The van der Waals surface area contributed by atoms with Crippen molar-refractivity contribution in [3.8, 4) is 0 Å². The van der Waals surface area contributed by atoms with Gasteiger partial charge in [0.25, 0.3) is 0 Å². The normalized spacial score (nSPS) is 29.0. The smallest absolute Gasteiger partial charge is 0.0920 e. The van der Waals surface area contributed by atoms with Crippen LogP contribution in [0.15, 0.2) is 24.3 Å². The monoisotopic (exact) mass is 127 g/mol. The molecular weight excluding hydrogens is 120 g/mol. The van der Waals surface area contributed by atoms with Gasteiger partial charge in [-0.25, -0.2) is 0 Å². The summed E-state index contributed by atoms with van der Waals surface area (Å²) in [6.45, 7) is 2.07. The number of allylic oxidation sites excluding steroid dienone is 4. The average molecular weight is 128 g/mol. The molecule has 0 nitrogen and oxygen atoms in total. The summed E-state index contributed by atoms with van der Waals surface area (Å²) in [5.41, 5.74) is 0. The van der Waals surface area contributed by atoms with Crippen LogP contribution in [0.5, 0.6) is 0 Å². The number of rotatable bonds is 0. The number of hydrogen-bond acceptors (Lipinski definition) is 0. The summed E-state index contributed by atoms with van der Waals surface area (Å²) in [7, 11) is 0. The van der Waals surface area contributed by atoms with E-state index in [0.29, 0.717) is 5.92 Å². The predicted octanol–water partition coefficient (Wildman–Crippen LogP) is 2.52. The Balaban J connectivity index is 2.59.